The number of aromatic nitrogens is 2. The molecule has 0 saturated carbocycles. The molecule has 1 aliphatic heterocycles. The molecular formula is C17H21N3O3. The topological polar surface area (TPSA) is 68.5 Å². The monoisotopic (exact) mass is 315 g/mol. The van der Waals surface area contributed by atoms with Crippen LogP contribution in [0.3, 0.4) is 0 Å². The Kier molecular flexibility index (Phi) is 4.32. The molecule has 6 nitrogen and oxygen atoms in total. The van der Waals surface area contributed by atoms with E-state index in [1.165, 1.54) is 0 Å². The van der Waals surface area contributed by atoms with Crippen LogP contribution < -0.4 is 9.64 Å². The average Bonchev–Trinajstić information content (AvgIpc) is 3.14. The van der Waals surface area contributed by atoms with E-state index in [9.17, 15) is 4.79 Å². The van der Waals surface area contributed by atoms with Crippen LogP contribution in [0, 0.1) is 6.92 Å². The molecule has 23 heavy (non-hydrogen) atoms. The number of hydrogen-bond acceptors (Lipinski definition) is 5. The number of ether oxygens (including phenoxy) is 1. The van der Waals surface area contributed by atoms with Crippen LogP contribution in [0.25, 0.3) is 0 Å². The lowest BCUT2D eigenvalue weighted by Gasteiger charge is -2.19. The molecule has 1 aliphatic rings. The lowest BCUT2D eigenvalue weighted by molar-refractivity contribution is -0.117. The van der Waals surface area contributed by atoms with Gasteiger partial charge in [0.2, 0.25) is 11.8 Å². The van der Waals surface area contributed by atoms with Crippen molar-refractivity contribution in [2.75, 3.05) is 18.6 Å². The van der Waals surface area contributed by atoms with Crippen molar-refractivity contribution in [2.45, 2.75) is 39.0 Å². The fraction of sp³-hybridized carbons (Fsp3) is 0.471. The minimum absolute atomic E-state index is 0.0501. The predicted molar refractivity (Wildman–Crippen MR) is 85.7 cm³/mol. The summed E-state index contributed by atoms with van der Waals surface area (Å²) in [4.78, 5) is 18.6. The highest BCUT2D eigenvalue weighted by Gasteiger charge is 2.36. The Bertz CT molecular complexity index is 711. The Morgan fingerprint density at radius 2 is 2.26 bits per heavy atom. The van der Waals surface area contributed by atoms with Crippen LogP contribution in [0.2, 0.25) is 0 Å². The summed E-state index contributed by atoms with van der Waals surface area (Å²) in [5, 5.41) is 3.98. The van der Waals surface area contributed by atoms with Crippen molar-refractivity contribution in [1.29, 1.82) is 0 Å². The van der Waals surface area contributed by atoms with Gasteiger partial charge in [-0.2, -0.15) is 4.98 Å². The van der Waals surface area contributed by atoms with Gasteiger partial charge < -0.3 is 14.2 Å². The van der Waals surface area contributed by atoms with Crippen molar-refractivity contribution < 1.29 is 14.1 Å². The largest absolute Gasteiger partial charge is 0.495 e. The van der Waals surface area contributed by atoms with Crippen LogP contribution in [0.4, 0.5) is 5.69 Å². The molecular weight excluding hydrogens is 294 g/mol. The molecule has 1 atom stereocenters. The Hall–Kier alpha value is -2.37. The van der Waals surface area contributed by atoms with Gasteiger partial charge in [0.15, 0.2) is 5.82 Å². The fourth-order valence-electron chi connectivity index (χ4n) is 2.88. The molecule has 122 valence electrons. The molecule has 0 aliphatic carbocycles. The Morgan fingerprint density at radius 3 is 3.00 bits per heavy atom. The number of nitrogens with zero attached hydrogens (tertiary/aromatic N) is 3. The summed E-state index contributed by atoms with van der Waals surface area (Å²) >= 11 is 0. The van der Waals surface area contributed by atoms with Gasteiger partial charge in [0.05, 0.1) is 18.7 Å². The quantitative estimate of drug-likeness (QED) is 0.848. The third kappa shape index (κ3) is 3.06. The van der Waals surface area contributed by atoms with Crippen molar-refractivity contribution in [3.8, 4) is 5.75 Å². The molecule has 1 aromatic heterocycles. The van der Waals surface area contributed by atoms with Crippen LogP contribution in [0.15, 0.2) is 22.7 Å². The number of carbonyl (C=O) groups is 1. The Labute approximate surface area is 135 Å². The normalized spacial score (nSPS) is 17.8. The van der Waals surface area contributed by atoms with Crippen LogP contribution in [0.5, 0.6) is 5.75 Å². The molecule has 2 aromatic rings. The van der Waals surface area contributed by atoms with Gasteiger partial charge in [-0.1, -0.05) is 18.1 Å². The zero-order chi connectivity index (χ0) is 16.4. The van der Waals surface area contributed by atoms with Gasteiger partial charge >= 0.3 is 0 Å². The Balaban J connectivity index is 1.83. The van der Waals surface area contributed by atoms with E-state index in [0.29, 0.717) is 30.4 Å². The molecule has 1 aromatic carbocycles. The number of anilines is 1. The summed E-state index contributed by atoms with van der Waals surface area (Å²) < 4.78 is 10.7. The highest BCUT2D eigenvalue weighted by molar-refractivity contribution is 5.97. The van der Waals surface area contributed by atoms with Gasteiger partial charge in [-0.3, -0.25) is 4.79 Å². The number of methoxy groups -OCH3 is 1. The lowest BCUT2D eigenvalue weighted by atomic mass is 10.1. The van der Waals surface area contributed by atoms with Gasteiger partial charge in [-0.15, -0.1) is 0 Å². The number of benzene rings is 1. The maximum atomic E-state index is 12.5. The minimum Gasteiger partial charge on any atom is -0.495 e. The molecule has 1 unspecified atom stereocenters. The SMILES string of the molecule is CCCc1noc(C2CC(=O)N(c3cc(C)ccc3OC)C2)n1. The smallest absolute Gasteiger partial charge is 0.232 e. The molecule has 2 heterocycles. The van der Waals surface area contributed by atoms with Crippen molar-refractivity contribution >= 4 is 11.6 Å². The summed E-state index contributed by atoms with van der Waals surface area (Å²) in [5.41, 5.74) is 1.88. The van der Waals surface area contributed by atoms with Crippen LogP contribution in [-0.4, -0.2) is 29.7 Å². The van der Waals surface area contributed by atoms with Gasteiger partial charge in [-0.25, -0.2) is 0 Å². The fourth-order valence-corrected chi connectivity index (χ4v) is 2.88. The van der Waals surface area contributed by atoms with E-state index in [1.54, 1.807) is 12.0 Å². The molecule has 1 amide bonds. The maximum Gasteiger partial charge on any atom is 0.232 e. The van der Waals surface area contributed by atoms with Crippen LogP contribution >= 0.6 is 0 Å². The molecule has 6 heteroatoms. The van der Waals surface area contributed by atoms with E-state index in [4.69, 9.17) is 9.26 Å². The number of aryl methyl sites for hydroxylation is 2. The summed E-state index contributed by atoms with van der Waals surface area (Å²) in [7, 11) is 1.61. The third-order valence-corrected chi connectivity index (χ3v) is 4.06. The zero-order valence-electron chi connectivity index (χ0n) is 13.7. The standard InChI is InChI=1S/C17H21N3O3/c1-4-5-15-18-17(23-19-15)12-9-16(21)20(10-12)13-8-11(2)6-7-14(13)22-3/h6-8,12H,4-5,9-10H2,1-3H3. The van der Waals surface area contributed by atoms with Gasteiger partial charge in [-0.05, 0) is 31.0 Å². The van der Waals surface area contributed by atoms with Crippen molar-refractivity contribution in [3.63, 3.8) is 0 Å². The number of hydrogen-bond donors (Lipinski definition) is 0. The maximum absolute atomic E-state index is 12.5. The second-order valence-electron chi connectivity index (χ2n) is 5.88. The summed E-state index contributed by atoms with van der Waals surface area (Å²) in [5.74, 6) is 1.94. The van der Waals surface area contributed by atoms with Gasteiger partial charge in [0, 0.05) is 19.4 Å². The number of rotatable bonds is 5. The molecule has 0 radical (unpaired) electrons. The van der Waals surface area contributed by atoms with E-state index in [1.807, 2.05) is 25.1 Å². The minimum atomic E-state index is -0.0641. The molecule has 1 fully saturated rings. The second kappa shape index (κ2) is 6.40. The van der Waals surface area contributed by atoms with Crippen molar-refractivity contribution in [3.05, 3.63) is 35.5 Å². The first-order valence-corrected chi connectivity index (χ1v) is 7.89. The third-order valence-electron chi connectivity index (χ3n) is 4.06. The summed E-state index contributed by atoms with van der Waals surface area (Å²) in [6.07, 6.45) is 2.14. The van der Waals surface area contributed by atoms with E-state index in [2.05, 4.69) is 17.1 Å². The van der Waals surface area contributed by atoms with E-state index < -0.39 is 0 Å². The van der Waals surface area contributed by atoms with E-state index in [-0.39, 0.29) is 11.8 Å². The first-order valence-electron chi connectivity index (χ1n) is 7.89. The molecule has 1 saturated heterocycles. The van der Waals surface area contributed by atoms with Crippen LogP contribution in [-0.2, 0) is 11.2 Å². The summed E-state index contributed by atoms with van der Waals surface area (Å²) in [6.45, 7) is 4.60. The predicted octanol–water partition coefficient (Wildman–Crippen LogP) is 2.86. The molecule has 0 bridgehead atoms. The molecule has 0 N–H and O–H groups in total. The summed E-state index contributed by atoms with van der Waals surface area (Å²) in [6, 6.07) is 5.82. The zero-order valence-corrected chi connectivity index (χ0v) is 13.7. The van der Waals surface area contributed by atoms with E-state index in [0.717, 1.165) is 24.1 Å². The Morgan fingerprint density at radius 1 is 1.43 bits per heavy atom. The van der Waals surface area contributed by atoms with Gasteiger partial charge in [0.1, 0.15) is 5.75 Å². The average molecular weight is 315 g/mol. The highest BCUT2D eigenvalue weighted by Crippen LogP contribution is 2.36. The molecule has 3 rings (SSSR count). The first kappa shape index (κ1) is 15.5. The number of carbonyl (C=O) groups excluding carboxylic acids is 1. The lowest BCUT2D eigenvalue weighted by Crippen LogP contribution is -2.25. The molecule has 0 spiro atoms. The van der Waals surface area contributed by atoms with Gasteiger partial charge in [0.25, 0.3) is 0 Å². The number of amides is 1. The van der Waals surface area contributed by atoms with Crippen molar-refractivity contribution in [1.82, 2.24) is 10.1 Å². The highest BCUT2D eigenvalue weighted by atomic mass is 16.5. The van der Waals surface area contributed by atoms with Crippen molar-refractivity contribution in [2.24, 2.45) is 0 Å². The van der Waals surface area contributed by atoms with Crippen LogP contribution in [0.1, 0.15) is 43.0 Å². The van der Waals surface area contributed by atoms with E-state index >= 15 is 0 Å². The first-order chi connectivity index (χ1) is 11.1. The second-order valence-corrected chi connectivity index (χ2v) is 5.88.